The van der Waals surface area contributed by atoms with E-state index in [1.807, 2.05) is 18.2 Å². The molecule has 0 fully saturated rings. The lowest BCUT2D eigenvalue weighted by Gasteiger charge is -2.10. The highest BCUT2D eigenvalue weighted by Gasteiger charge is 2.16. The number of benzene rings is 1. The highest BCUT2D eigenvalue weighted by atomic mass is 16.5. The van der Waals surface area contributed by atoms with Crippen molar-refractivity contribution in [3.8, 4) is 11.6 Å². The number of ether oxygens (including phenoxy) is 3. The number of anilines is 1. The summed E-state index contributed by atoms with van der Waals surface area (Å²) in [6.07, 6.45) is 1.42. The number of methoxy groups -OCH3 is 2. The van der Waals surface area contributed by atoms with Crippen LogP contribution in [0.5, 0.6) is 11.6 Å². The Hall–Kier alpha value is -2.60. The summed E-state index contributed by atoms with van der Waals surface area (Å²) in [6.45, 7) is 0.468. The number of aromatic nitrogens is 1. The first-order chi connectivity index (χ1) is 10.1. The summed E-state index contributed by atoms with van der Waals surface area (Å²) in [5, 5.41) is 0. The van der Waals surface area contributed by atoms with E-state index >= 15 is 0 Å². The third kappa shape index (κ3) is 3.70. The first kappa shape index (κ1) is 14.8. The van der Waals surface area contributed by atoms with Crippen LogP contribution >= 0.6 is 0 Å². The first-order valence-electron chi connectivity index (χ1n) is 6.23. The Kier molecular flexibility index (Phi) is 4.73. The van der Waals surface area contributed by atoms with E-state index in [0.717, 1.165) is 5.56 Å². The van der Waals surface area contributed by atoms with Gasteiger partial charge in [0.25, 0.3) is 0 Å². The van der Waals surface area contributed by atoms with Gasteiger partial charge in [-0.2, -0.15) is 0 Å². The van der Waals surface area contributed by atoms with Gasteiger partial charge < -0.3 is 19.9 Å². The lowest BCUT2D eigenvalue weighted by atomic mass is 10.2. The van der Waals surface area contributed by atoms with Gasteiger partial charge in [-0.05, 0) is 23.8 Å². The van der Waals surface area contributed by atoms with Gasteiger partial charge >= 0.3 is 5.97 Å². The van der Waals surface area contributed by atoms with Crippen LogP contribution in [0.2, 0.25) is 0 Å². The lowest BCUT2D eigenvalue weighted by Crippen LogP contribution is -2.06. The largest absolute Gasteiger partial charge is 0.465 e. The van der Waals surface area contributed by atoms with Crippen molar-refractivity contribution in [1.82, 2.24) is 4.98 Å². The molecular weight excluding hydrogens is 272 g/mol. The van der Waals surface area contributed by atoms with E-state index in [2.05, 4.69) is 4.98 Å². The van der Waals surface area contributed by atoms with E-state index in [1.165, 1.54) is 19.4 Å². The number of hydrogen-bond acceptors (Lipinski definition) is 6. The molecule has 0 bridgehead atoms. The van der Waals surface area contributed by atoms with Crippen molar-refractivity contribution in [3.05, 3.63) is 47.7 Å². The van der Waals surface area contributed by atoms with Crippen LogP contribution in [0.25, 0.3) is 0 Å². The monoisotopic (exact) mass is 288 g/mol. The minimum Gasteiger partial charge on any atom is -0.465 e. The van der Waals surface area contributed by atoms with Gasteiger partial charge in [0.2, 0.25) is 5.88 Å². The third-order valence-corrected chi connectivity index (χ3v) is 2.70. The first-order valence-corrected chi connectivity index (χ1v) is 6.23. The number of carbonyl (C=O) groups is 1. The van der Waals surface area contributed by atoms with Crippen LogP contribution in [0, 0.1) is 0 Å². The molecule has 0 aliphatic rings. The molecule has 2 N–H and O–H groups in total. The molecule has 0 atom stereocenters. The second-order valence-electron chi connectivity index (χ2n) is 4.30. The van der Waals surface area contributed by atoms with E-state index in [0.29, 0.717) is 18.0 Å². The average Bonchev–Trinajstić information content (AvgIpc) is 2.49. The summed E-state index contributed by atoms with van der Waals surface area (Å²) in [5.74, 6) is 0.135. The molecule has 0 aliphatic heterocycles. The fourth-order valence-electron chi connectivity index (χ4n) is 1.78. The maximum Gasteiger partial charge on any atom is 0.343 e. The molecule has 1 aromatic carbocycles. The molecule has 2 aromatic rings. The minimum atomic E-state index is -0.558. The van der Waals surface area contributed by atoms with Crippen molar-refractivity contribution in [3.63, 3.8) is 0 Å². The maximum atomic E-state index is 11.7. The van der Waals surface area contributed by atoms with Crippen LogP contribution in [0.1, 0.15) is 15.9 Å². The van der Waals surface area contributed by atoms with Crippen LogP contribution in [-0.4, -0.2) is 25.2 Å². The van der Waals surface area contributed by atoms with Gasteiger partial charge in [-0.3, -0.25) is 0 Å². The second-order valence-corrected chi connectivity index (χ2v) is 4.30. The fraction of sp³-hybridized carbons (Fsp3) is 0.200. The van der Waals surface area contributed by atoms with Crippen molar-refractivity contribution < 1.29 is 19.0 Å². The van der Waals surface area contributed by atoms with Gasteiger partial charge in [-0.25, -0.2) is 9.78 Å². The van der Waals surface area contributed by atoms with Crippen LogP contribution in [-0.2, 0) is 16.1 Å². The highest BCUT2D eigenvalue weighted by molar-refractivity contribution is 5.92. The summed E-state index contributed by atoms with van der Waals surface area (Å²) >= 11 is 0. The van der Waals surface area contributed by atoms with Crippen LogP contribution in [0.3, 0.4) is 0 Å². The molecule has 1 heterocycles. The Labute approximate surface area is 122 Å². The van der Waals surface area contributed by atoms with Gasteiger partial charge in [0, 0.05) is 7.11 Å². The number of nitrogen functional groups attached to an aromatic ring is 1. The number of nitrogens with zero attached hydrogens (tertiary/aromatic N) is 1. The van der Waals surface area contributed by atoms with Crippen LogP contribution in [0.15, 0.2) is 36.5 Å². The summed E-state index contributed by atoms with van der Waals surface area (Å²) in [5.41, 5.74) is 7.12. The Morgan fingerprint density at radius 3 is 2.81 bits per heavy atom. The molecule has 0 saturated carbocycles. The predicted molar refractivity (Wildman–Crippen MR) is 77.2 cm³/mol. The highest BCUT2D eigenvalue weighted by Crippen LogP contribution is 2.26. The zero-order chi connectivity index (χ0) is 15.2. The zero-order valence-electron chi connectivity index (χ0n) is 11.8. The van der Waals surface area contributed by atoms with E-state index in [-0.39, 0.29) is 11.4 Å². The molecule has 21 heavy (non-hydrogen) atoms. The van der Waals surface area contributed by atoms with Gasteiger partial charge in [-0.15, -0.1) is 0 Å². The summed E-state index contributed by atoms with van der Waals surface area (Å²) in [6, 6.07) is 8.78. The van der Waals surface area contributed by atoms with E-state index in [1.54, 1.807) is 13.2 Å². The molecule has 110 valence electrons. The van der Waals surface area contributed by atoms with Crippen molar-refractivity contribution in [2.45, 2.75) is 6.61 Å². The molecule has 0 spiro atoms. The quantitative estimate of drug-likeness (QED) is 0.850. The van der Waals surface area contributed by atoms with Crippen LogP contribution < -0.4 is 10.5 Å². The van der Waals surface area contributed by atoms with Gasteiger partial charge in [0.1, 0.15) is 11.3 Å². The molecule has 0 radical (unpaired) electrons. The van der Waals surface area contributed by atoms with Gasteiger partial charge in [0.15, 0.2) is 0 Å². The molecule has 6 heteroatoms. The molecule has 1 aromatic heterocycles. The summed E-state index contributed by atoms with van der Waals surface area (Å²) < 4.78 is 15.4. The van der Waals surface area contributed by atoms with Gasteiger partial charge in [0.05, 0.1) is 25.6 Å². The molecule has 0 aliphatic carbocycles. The smallest absolute Gasteiger partial charge is 0.343 e. The topological polar surface area (TPSA) is 83.7 Å². The van der Waals surface area contributed by atoms with Crippen molar-refractivity contribution in [2.75, 3.05) is 20.0 Å². The molecule has 0 unspecified atom stereocenters. The second kappa shape index (κ2) is 6.71. The van der Waals surface area contributed by atoms with Crippen molar-refractivity contribution >= 4 is 11.7 Å². The number of esters is 1. The summed E-state index contributed by atoms with van der Waals surface area (Å²) in [7, 11) is 2.90. The Balaban J connectivity index is 2.30. The number of pyridine rings is 1. The molecule has 6 nitrogen and oxygen atoms in total. The standard InChI is InChI=1S/C15H16N2O4/c1-19-9-10-4-3-5-12(6-10)21-14-13(15(18)20-2)7-11(16)8-17-14/h3-8H,9,16H2,1-2H3. The summed E-state index contributed by atoms with van der Waals surface area (Å²) in [4.78, 5) is 15.8. The minimum absolute atomic E-state index is 0.144. The molecule has 0 saturated heterocycles. The number of nitrogens with two attached hydrogens (primary N) is 1. The number of carbonyl (C=O) groups excluding carboxylic acids is 1. The average molecular weight is 288 g/mol. The normalized spacial score (nSPS) is 10.2. The fourth-order valence-corrected chi connectivity index (χ4v) is 1.78. The van der Waals surface area contributed by atoms with Crippen LogP contribution in [0.4, 0.5) is 5.69 Å². The third-order valence-electron chi connectivity index (χ3n) is 2.70. The molecular formula is C15H16N2O4. The SMILES string of the molecule is COCc1cccc(Oc2ncc(N)cc2C(=O)OC)c1. The Morgan fingerprint density at radius 2 is 2.10 bits per heavy atom. The lowest BCUT2D eigenvalue weighted by molar-refractivity contribution is 0.0597. The zero-order valence-corrected chi connectivity index (χ0v) is 11.8. The Bertz CT molecular complexity index is 643. The molecule has 2 rings (SSSR count). The number of rotatable bonds is 5. The maximum absolute atomic E-state index is 11.7. The van der Waals surface area contributed by atoms with Crippen molar-refractivity contribution in [2.24, 2.45) is 0 Å². The van der Waals surface area contributed by atoms with E-state index < -0.39 is 5.97 Å². The van der Waals surface area contributed by atoms with E-state index in [4.69, 9.17) is 19.9 Å². The van der Waals surface area contributed by atoms with Gasteiger partial charge in [-0.1, -0.05) is 12.1 Å². The molecule has 0 amide bonds. The van der Waals surface area contributed by atoms with E-state index in [9.17, 15) is 4.79 Å². The Morgan fingerprint density at radius 1 is 1.29 bits per heavy atom. The van der Waals surface area contributed by atoms with Crippen molar-refractivity contribution in [1.29, 1.82) is 0 Å². The number of hydrogen-bond donors (Lipinski definition) is 1. The predicted octanol–water partition coefficient (Wildman–Crippen LogP) is 2.39.